The van der Waals surface area contributed by atoms with Gasteiger partial charge >= 0.3 is 6.09 Å². The average molecular weight is 372 g/mol. The Morgan fingerprint density at radius 1 is 1.28 bits per heavy atom. The SMILES string of the molecule is CC(C)(C)OC(=O)N1C(=O)C(C(O)CO[Si](C)(C)C(C)(C)C)C2CC21. The van der Waals surface area contributed by atoms with Gasteiger partial charge in [0.25, 0.3) is 0 Å². The molecular weight excluding hydrogens is 338 g/mol. The van der Waals surface area contributed by atoms with E-state index in [1.54, 1.807) is 20.8 Å². The van der Waals surface area contributed by atoms with Crippen LogP contribution in [0, 0.1) is 11.8 Å². The molecule has 4 unspecified atom stereocenters. The first-order chi connectivity index (χ1) is 11.2. The molecule has 0 radical (unpaired) electrons. The molecule has 1 aliphatic heterocycles. The predicted octanol–water partition coefficient (Wildman–Crippen LogP) is 3.15. The number of carbonyl (C=O) groups is 2. The molecule has 1 heterocycles. The molecule has 0 aromatic heterocycles. The molecule has 0 aromatic rings. The van der Waals surface area contributed by atoms with Crippen LogP contribution in [0.3, 0.4) is 0 Å². The van der Waals surface area contributed by atoms with Gasteiger partial charge in [-0.25, -0.2) is 9.69 Å². The van der Waals surface area contributed by atoms with Crippen LogP contribution in [0.2, 0.25) is 18.1 Å². The van der Waals surface area contributed by atoms with Crippen molar-refractivity contribution < 1.29 is 23.9 Å². The van der Waals surface area contributed by atoms with Crippen LogP contribution in [0.5, 0.6) is 0 Å². The molecule has 2 amide bonds. The number of aliphatic hydroxyl groups is 1. The summed E-state index contributed by atoms with van der Waals surface area (Å²) in [4.78, 5) is 26.2. The van der Waals surface area contributed by atoms with Crippen molar-refractivity contribution in [3.8, 4) is 0 Å². The van der Waals surface area contributed by atoms with Crippen molar-refractivity contribution >= 4 is 20.3 Å². The molecule has 0 bridgehead atoms. The Hall–Kier alpha value is -0.923. The molecule has 25 heavy (non-hydrogen) atoms. The molecule has 0 aromatic carbocycles. The Bertz CT molecular complexity index is 549. The third-order valence-electron chi connectivity index (χ3n) is 5.55. The summed E-state index contributed by atoms with van der Waals surface area (Å²) >= 11 is 0. The van der Waals surface area contributed by atoms with E-state index >= 15 is 0 Å². The van der Waals surface area contributed by atoms with E-state index in [0.29, 0.717) is 0 Å². The van der Waals surface area contributed by atoms with Crippen LogP contribution in [-0.4, -0.2) is 54.7 Å². The second-order valence-electron chi connectivity index (χ2n) is 9.82. The number of rotatable bonds is 4. The summed E-state index contributed by atoms with van der Waals surface area (Å²) in [6, 6.07) is -0.130. The van der Waals surface area contributed by atoms with Crippen LogP contribution in [0.15, 0.2) is 0 Å². The Morgan fingerprint density at radius 2 is 1.84 bits per heavy atom. The Labute approximate surface area is 152 Å². The summed E-state index contributed by atoms with van der Waals surface area (Å²) in [6.45, 7) is 16.1. The van der Waals surface area contributed by atoms with Crippen molar-refractivity contribution in [3.63, 3.8) is 0 Å². The smallest absolute Gasteiger partial charge is 0.417 e. The van der Waals surface area contributed by atoms with E-state index in [2.05, 4.69) is 33.9 Å². The molecule has 2 fully saturated rings. The van der Waals surface area contributed by atoms with Gasteiger partial charge in [0.1, 0.15) is 5.60 Å². The molecule has 4 atom stereocenters. The third-order valence-corrected chi connectivity index (χ3v) is 10.0. The summed E-state index contributed by atoms with van der Waals surface area (Å²) in [5.41, 5.74) is -0.649. The first-order valence-corrected chi connectivity index (χ1v) is 11.9. The first kappa shape index (κ1) is 20.4. The topological polar surface area (TPSA) is 76.1 Å². The number of fused-ring (bicyclic) bond motifs is 1. The lowest BCUT2D eigenvalue weighted by molar-refractivity contribution is -0.136. The zero-order valence-corrected chi connectivity index (χ0v) is 17.8. The summed E-state index contributed by atoms with van der Waals surface area (Å²) < 4.78 is 11.4. The number of nitrogens with zero attached hydrogens (tertiary/aromatic N) is 1. The molecule has 2 aliphatic rings. The van der Waals surface area contributed by atoms with Crippen molar-refractivity contribution in [1.29, 1.82) is 0 Å². The zero-order valence-electron chi connectivity index (χ0n) is 16.8. The third kappa shape index (κ3) is 4.26. The zero-order chi connectivity index (χ0) is 19.4. The fourth-order valence-corrected chi connectivity index (χ4v) is 4.01. The van der Waals surface area contributed by atoms with Crippen molar-refractivity contribution in [2.24, 2.45) is 11.8 Å². The van der Waals surface area contributed by atoms with Gasteiger partial charge in [0.05, 0.1) is 18.6 Å². The fraction of sp³-hybridized carbons (Fsp3) is 0.889. The van der Waals surface area contributed by atoms with E-state index in [-0.39, 0.29) is 29.5 Å². The van der Waals surface area contributed by atoms with Gasteiger partial charge in [0.15, 0.2) is 8.32 Å². The minimum atomic E-state index is -2.00. The molecule has 144 valence electrons. The van der Waals surface area contributed by atoms with E-state index in [0.717, 1.165) is 6.42 Å². The Kier molecular flexibility index (Phi) is 5.18. The van der Waals surface area contributed by atoms with E-state index in [1.807, 2.05) is 0 Å². The predicted molar refractivity (Wildman–Crippen MR) is 97.6 cm³/mol. The molecule has 1 N–H and O–H groups in total. The monoisotopic (exact) mass is 371 g/mol. The second-order valence-corrected chi connectivity index (χ2v) is 14.6. The second kappa shape index (κ2) is 6.35. The van der Waals surface area contributed by atoms with Gasteiger partial charge in [-0.1, -0.05) is 20.8 Å². The standard InChI is InChI=1S/C18H33NO5Si/c1-17(2,3)24-16(22)19-12-9-11(12)14(15(19)21)13(20)10-23-25(7,8)18(4,5)6/h11-14,20H,9-10H2,1-8H3. The summed E-state index contributed by atoms with van der Waals surface area (Å²) in [5.74, 6) is -0.873. The molecule has 2 rings (SSSR count). The van der Waals surface area contributed by atoms with Gasteiger partial charge in [0, 0.05) is 6.04 Å². The fourth-order valence-electron chi connectivity index (χ4n) is 2.99. The quantitative estimate of drug-likeness (QED) is 0.768. The van der Waals surface area contributed by atoms with Crippen molar-refractivity contribution in [3.05, 3.63) is 0 Å². The van der Waals surface area contributed by atoms with E-state index in [1.165, 1.54) is 4.90 Å². The molecule has 1 saturated heterocycles. The summed E-state index contributed by atoms with van der Waals surface area (Å²) in [6.07, 6.45) is -0.749. The number of likely N-dealkylation sites (tertiary alicyclic amines) is 1. The maximum Gasteiger partial charge on any atom is 0.417 e. The molecule has 6 nitrogen and oxygen atoms in total. The highest BCUT2D eigenvalue weighted by atomic mass is 28.4. The van der Waals surface area contributed by atoms with Gasteiger partial charge in [-0.2, -0.15) is 0 Å². The lowest BCUT2D eigenvalue weighted by atomic mass is 9.98. The number of piperidine rings is 1. The molecule has 0 spiro atoms. The molecule has 1 aliphatic carbocycles. The highest BCUT2D eigenvalue weighted by Crippen LogP contribution is 2.51. The van der Waals surface area contributed by atoms with Crippen molar-refractivity contribution in [2.45, 2.75) is 83.8 Å². The number of hydrogen-bond donors (Lipinski definition) is 1. The largest absolute Gasteiger partial charge is 0.443 e. The summed E-state index contributed by atoms with van der Waals surface area (Å²) in [5, 5.41) is 10.6. The van der Waals surface area contributed by atoms with Crippen LogP contribution in [0.25, 0.3) is 0 Å². The average Bonchev–Trinajstić information content (AvgIpc) is 3.07. The van der Waals surface area contributed by atoms with Crippen molar-refractivity contribution in [2.75, 3.05) is 6.61 Å². The number of amides is 2. The van der Waals surface area contributed by atoms with Crippen LogP contribution in [-0.2, 0) is 14.0 Å². The van der Waals surface area contributed by atoms with Gasteiger partial charge < -0.3 is 14.3 Å². The lowest BCUT2D eigenvalue weighted by Gasteiger charge is -2.37. The number of ether oxygens (including phenoxy) is 1. The maximum absolute atomic E-state index is 12.7. The van der Waals surface area contributed by atoms with Gasteiger partial charge in [-0.15, -0.1) is 0 Å². The van der Waals surface area contributed by atoms with Crippen LogP contribution in [0.1, 0.15) is 48.0 Å². The van der Waals surface area contributed by atoms with Gasteiger partial charge in [-0.05, 0) is 51.2 Å². The maximum atomic E-state index is 12.7. The van der Waals surface area contributed by atoms with E-state index < -0.39 is 32.0 Å². The first-order valence-electron chi connectivity index (χ1n) is 9.04. The van der Waals surface area contributed by atoms with Crippen LogP contribution < -0.4 is 0 Å². The number of imide groups is 1. The number of aliphatic hydroxyl groups excluding tert-OH is 1. The van der Waals surface area contributed by atoms with E-state index in [9.17, 15) is 14.7 Å². The van der Waals surface area contributed by atoms with Crippen LogP contribution >= 0.6 is 0 Å². The minimum absolute atomic E-state index is 0.0260. The molecule has 1 saturated carbocycles. The van der Waals surface area contributed by atoms with Crippen LogP contribution in [0.4, 0.5) is 4.79 Å². The normalized spacial score (nSPS) is 28.0. The van der Waals surface area contributed by atoms with Crippen molar-refractivity contribution in [1.82, 2.24) is 4.90 Å². The Morgan fingerprint density at radius 3 is 2.32 bits per heavy atom. The minimum Gasteiger partial charge on any atom is -0.443 e. The van der Waals surface area contributed by atoms with Gasteiger partial charge in [-0.3, -0.25) is 4.79 Å². The number of hydrogen-bond acceptors (Lipinski definition) is 5. The number of carbonyl (C=O) groups excluding carboxylic acids is 2. The molecule has 7 heteroatoms. The highest BCUT2D eigenvalue weighted by molar-refractivity contribution is 6.74. The van der Waals surface area contributed by atoms with E-state index in [4.69, 9.17) is 9.16 Å². The Balaban J connectivity index is 2.00. The van der Waals surface area contributed by atoms with Gasteiger partial charge in [0.2, 0.25) is 5.91 Å². The highest BCUT2D eigenvalue weighted by Gasteiger charge is 2.63. The lowest BCUT2D eigenvalue weighted by Crippen LogP contribution is -2.46. The molecular formula is C18H33NO5Si. The summed E-state index contributed by atoms with van der Waals surface area (Å²) in [7, 11) is -2.00.